The molecule has 34 heavy (non-hydrogen) atoms. The van der Waals surface area contributed by atoms with Gasteiger partial charge in [0.2, 0.25) is 0 Å². The third-order valence-electron chi connectivity index (χ3n) is 6.10. The Labute approximate surface area is 198 Å². The van der Waals surface area contributed by atoms with E-state index in [0.717, 1.165) is 12.3 Å². The van der Waals surface area contributed by atoms with Crippen molar-refractivity contribution >= 4 is 21.7 Å². The van der Waals surface area contributed by atoms with Crippen LogP contribution >= 0.6 is 0 Å². The first kappa shape index (κ1) is 24.2. The van der Waals surface area contributed by atoms with Crippen molar-refractivity contribution in [2.75, 3.05) is 19.3 Å². The first-order valence-corrected chi connectivity index (χ1v) is 13.0. The topological polar surface area (TPSA) is 90.0 Å². The van der Waals surface area contributed by atoms with Gasteiger partial charge in [0, 0.05) is 37.8 Å². The molecule has 0 radical (unpaired) electrons. The summed E-state index contributed by atoms with van der Waals surface area (Å²) in [6.45, 7) is 6.30. The zero-order valence-corrected chi connectivity index (χ0v) is 20.5. The van der Waals surface area contributed by atoms with E-state index in [1.54, 1.807) is 23.1 Å². The minimum Gasteiger partial charge on any atom is -0.486 e. The number of sulfone groups is 1. The standard InChI is InChI=1S/C25H28FNO6S/c1-24(2,3)33-23(29)27-11-9-25(10-12-27)15-21(28)19-13-16(5-8-22(19)32-25)18-7-6-17(14-20(18)26)34(4,30)31/h5-8,13-14H,9-12,15H2,1-4H3. The van der Waals surface area contributed by atoms with Crippen molar-refractivity contribution in [1.29, 1.82) is 0 Å². The predicted octanol–water partition coefficient (Wildman–Crippen LogP) is 4.63. The lowest BCUT2D eigenvalue weighted by molar-refractivity contribution is -0.0226. The van der Waals surface area contributed by atoms with Crippen LogP contribution in [0.1, 0.15) is 50.4 Å². The van der Waals surface area contributed by atoms with Gasteiger partial charge in [-0.3, -0.25) is 4.79 Å². The fourth-order valence-electron chi connectivity index (χ4n) is 4.32. The average Bonchev–Trinajstić information content (AvgIpc) is 2.72. The van der Waals surface area contributed by atoms with Gasteiger partial charge < -0.3 is 14.4 Å². The van der Waals surface area contributed by atoms with Crippen LogP contribution in [0.25, 0.3) is 11.1 Å². The van der Waals surface area contributed by atoms with Gasteiger partial charge in [0.05, 0.1) is 16.9 Å². The molecule has 4 rings (SSSR count). The molecule has 1 saturated heterocycles. The van der Waals surface area contributed by atoms with Crippen LogP contribution in [-0.4, -0.2) is 55.7 Å². The highest BCUT2D eigenvalue weighted by Gasteiger charge is 2.44. The number of halogens is 1. The number of likely N-dealkylation sites (tertiary alicyclic amines) is 1. The Bertz CT molecular complexity index is 1260. The van der Waals surface area contributed by atoms with Gasteiger partial charge in [-0.05, 0) is 50.6 Å². The number of nitrogens with zero attached hydrogens (tertiary/aromatic N) is 1. The van der Waals surface area contributed by atoms with Gasteiger partial charge in [0.15, 0.2) is 15.6 Å². The number of ketones is 1. The maximum Gasteiger partial charge on any atom is 0.410 e. The molecule has 0 unspecified atom stereocenters. The van der Waals surface area contributed by atoms with Crippen molar-refractivity contribution in [2.45, 2.75) is 56.1 Å². The number of hydrogen-bond donors (Lipinski definition) is 0. The SMILES string of the molecule is CC(C)(C)OC(=O)N1CCC2(CC1)CC(=O)c1cc(-c3ccc(S(C)(=O)=O)cc3F)ccc1O2. The third-order valence-corrected chi connectivity index (χ3v) is 7.21. The Kier molecular flexibility index (Phi) is 5.96. The van der Waals surface area contributed by atoms with Crippen molar-refractivity contribution in [1.82, 2.24) is 4.90 Å². The molecule has 0 aromatic heterocycles. The number of fused-ring (bicyclic) bond motifs is 1. The monoisotopic (exact) mass is 489 g/mol. The van der Waals surface area contributed by atoms with Crippen LogP contribution in [0, 0.1) is 5.82 Å². The van der Waals surface area contributed by atoms with E-state index in [-0.39, 0.29) is 28.8 Å². The molecule has 7 nitrogen and oxygen atoms in total. The van der Waals surface area contributed by atoms with Crippen LogP contribution in [-0.2, 0) is 14.6 Å². The van der Waals surface area contributed by atoms with Crippen LogP contribution < -0.4 is 4.74 Å². The summed E-state index contributed by atoms with van der Waals surface area (Å²) in [5, 5.41) is 0. The van der Waals surface area contributed by atoms with Gasteiger partial charge in [0.25, 0.3) is 0 Å². The van der Waals surface area contributed by atoms with Gasteiger partial charge >= 0.3 is 6.09 Å². The van der Waals surface area contributed by atoms with Crippen LogP contribution in [0.3, 0.4) is 0 Å². The number of carbonyl (C=O) groups is 2. The number of ether oxygens (including phenoxy) is 2. The smallest absolute Gasteiger partial charge is 0.410 e. The summed E-state index contributed by atoms with van der Waals surface area (Å²) >= 11 is 0. The molecule has 2 aliphatic rings. The van der Waals surface area contributed by atoms with Gasteiger partial charge in [0.1, 0.15) is 22.8 Å². The highest BCUT2D eigenvalue weighted by atomic mass is 32.2. The molecule has 1 spiro atoms. The van der Waals surface area contributed by atoms with E-state index in [9.17, 15) is 22.4 Å². The Morgan fingerprint density at radius 2 is 1.76 bits per heavy atom. The molecule has 2 aliphatic heterocycles. The van der Waals surface area contributed by atoms with E-state index in [4.69, 9.17) is 9.47 Å². The molecule has 0 N–H and O–H groups in total. The van der Waals surface area contributed by atoms with Crippen LogP contribution in [0.4, 0.5) is 9.18 Å². The lowest BCUT2D eigenvalue weighted by Crippen LogP contribution is -2.52. The highest BCUT2D eigenvalue weighted by Crippen LogP contribution is 2.41. The number of carbonyl (C=O) groups excluding carboxylic acids is 2. The van der Waals surface area contributed by atoms with Gasteiger partial charge in [-0.15, -0.1) is 0 Å². The number of Topliss-reactive ketones (excluding diaryl/α,β-unsaturated/α-hetero) is 1. The Morgan fingerprint density at radius 3 is 2.35 bits per heavy atom. The normalized spacial score (nSPS) is 17.8. The second-order valence-electron chi connectivity index (χ2n) is 9.98. The van der Waals surface area contributed by atoms with E-state index in [1.165, 1.54) is 12.1 Å². The Hall–Kier alpha value is -2.94. The number of rotatable bonds is 2. The zero-order chi connectivity index (χ0) is 24.9. The maximum atomic E-state index is 14.7. The molecule has 2 aromatic rings. The highest BCUT2D eigenvalue weighted by molar-refractivity contribution is 7.90. The number of benzene rings is 2. The molecular formula is C25H28FNO6S. The van der Waals surface area contributed by atoms with E-state index >= 15 is 0 Å². The fraction of sp³-hybridized carbons (Fsp3) is 0.440. The van der Waals surface area contributed by atoms with Gasteiger partial charge in [-0.1, -0.05) is 12.1 Å². The van der Waals surface area contributed by atoms with Crippen LogP contribution in [0.15, 0.2) is 41.3 Å². The first-order valence-electron chi connectivity index (χ1n) is 11.1. The summed E-state index contributed by atoms with van der Waals surface area (Å²) in [6.07, 6.45) is 1.81. The fourth-order valence-corrected chi connectivity index (χ4v) is 4.96. The number of amides is 1. The molecule has 0 bridgehead atoms. The van der Waals surface area contributed by atoms with Crippen LogP contribution in [0.2, 0.25) is 0 Å². The molecule has 0 aliphatic carbocycles. The summed E-state index contributed by atoms with van der Waals surface area (Å²) in [6, 6.07) is 8.61. The van der Waals surface area contributed by atoms with Crippen molar-refractivity contribution in [3.8, 4) is 16.9 Å². The van der Waals surface area contributed by atoms with E-state index in [1.807, 2.05) is 20.8 Å². The number of hydrogen-bond acceptors (Lipinski definition) is 6. The van der Waals surface area contributed by atoms with Crippen molar-refractivity contribution < 1.29 is 31.9 Å². The molecule has 1 amide bonds. The largest absolute Gasteiger partial charge is 0.486 e. The molecule has 2 aromatic carbocycles. The Morgan fingerprint density at radius 1 is 1.09 bits per heavy atom. The minimum absolute atomic E-state index is 0.106. The second-order valence-corrected chi connectivity index (χ2v) is 12.0. The lowest BCUT2D eigenvalue weighted by atomic mass is 9.82. The van der Waals surface area contributed by atoms with Crippen LogP contribution in [0.5, 0.6) is 5.75 Å². The summed E-state index contributed by atoms with van der Waals surface area (Å²) in [4.78, 5) is 26.9. The summed E-state index contributed by atoms with van der Waals surface area (Å²) < 4.78 is 49.7. The van der Waals surface area contributed by atoms with Crippen molar-refractivity contribution in [2.24, 2.45) is 0 Å². The van der Waals surface area contributed by atoms with E-state index in [0.29, 0.717) is 42.8 Å². The molecular weight excluding hydrogens is 461 g/mol. The van der Waals surface area contributed by atoms with Gasteiger partial charge in [-0.25, -0.2) is 17.6 Å². The van der Waals surface area contributed by atoms with E-state index < -0.39 is 26.9 Å². The predicted molar refractivity (Wildman–Crippen MR) is 124 cm³/mol. The first-order chi connectivity index (χ1) is 15.8. The van der Waals surface area contributed by atoms with Gasteiger partial charge in [-0.2, -0.15) is 0 Å². The Balaban J connectivity index is 1.52. The zero-order valence-electron chi connectivity index (χ0n) is 19.7. The quantitative estimate of drug-likeness (QED) is 0.611. The minimum atomic E-state index is -3.53. The number of piperidine rings is 1. The van der Waals surface area contributed by atoms with Crippen molar-refractivity contribution in [3.05, 3.63) is 47.8 Å². The summed E-state index contributed by atoms with van der Waals surface area (Å²) in [7, 11) is -3.53. The van der Waals surface area contributed by atoms with E-state index in [2.05, 4.69) is 0 Å². The summed E-state index contributed by atoms with van der Waals surface area (Å²) in [5.41, 5.74) is -0.237. The average molecular weight is 490 g/mol. The lowest BCUT2D eigenvalue weighted by Gasteiger charge is -2.44. The summed E-state index contributed by atoms with van der Waals surface area (Å²) in [5.74, 6) is -0.362. The third kappa shape index (κ3) is 4.94. The molecule has 182 valence electrons. The second kappa shape index (κ2) is 8.37. The molecule has 9 heteroatoms. The van der Waals surface area contributed by atoms with Crippen molar-refractivity contribution in [3.63, 3.8) is 0 Å². The molecule has 1 fully saturated rings. The molecule has 0 atom stereocenters. The molecule has 2 heterocycles. The maximum absolute atomic E-state index is 14.7. The molecule has 0 saturated carbocycles.